The Morgan fingerprint density at radius 3 is 2.90 bits per heavy atom. The second-order valence-corrected chi connectivity index (χ2v) is 2.33. The highest BCUT2D eigenvalue weighted by atomic mass is 16.5. The van der Waals surface area contributed by atoms with Crippen molar-refractivity contribution in [2.45, 2.75) is 19.1 Å². The molecule has 1 aliphatic rings. The van der Waals surface area contributed by atoms with E-state index in [1.807, 2.05) is 0 Å². The smallest absolute Gasteiger partial charge is 0.238 e. The van der Waals surface area contributed by atoms with Crippen LogP contribution in [-0.4, -0.2) is 31.2 Å². The second kappa shape index (κ2) is 2.98. The van der Waals surface area contributed by atoms with Gasteiger partial charge in [-0.3, -0.25) is 4.79 Å². The molecule has 1 radical (unpaired) electrons. The van der Waals surface area contributed by atoms with E-state index in [1.54, 1.807) is 6.92 Å². The molecule has 4 nitrogen and oxygen atoms in total. The van der Waals surface area contributed by atoms with Crippen LogP contribution in [0.4, 0.5) is 0 Å². The van der Waals surface area contributed by atoms with Gasteiger partial charge in [-0.15, -0.1) is 0 Å². The van der Waals surface area contributed by atoms with Crippen molar-refractivity contribution < 1.29 is 9.53 Å². The zero-order valence-electron chi connectivity index (χ0n) is 5.91. The third-order valence-corrected chi connectivity index (χ3v) is 1.53. The van der Waals surface area contributed by atoms with E-state index in [-0.39, 0.29) is 6.10 Å². The molecule has 4 heteroatoms. The van der Waals surface area contributed by atoms with Crippen LogP contribution in [0.15, 0.2) is 0 Å². The SMILES string of the molecule is CC1OCC[N]C1C(N)=O. The summed E-state index contributed by atoms with van der Waals surface area (Å²) in [5, 5.41) is 4.01. The molecule has 0 aromatic rings. The van der Waals surface area contributed by atoms with Crippen molar-refractivity contribution >= 4 is 5.91 Å². The minimum absolute atomic E-state index is 0.147. The van der Waals surface area contributed by atoms with Crippen LogP contribution in [0.3, 0.4) is 0 Å². The van der Waals surface area contributed by atoms with Crippen molar-refractivity contribution in [3.63, 3.8) is 0 Å². The number of ether oxygens (including phenoxy) is 1. The van der Waals surface area contributed by atoms with Crippen molar-refractivity contribution in [3.8, 4) is 0 Å². The molecule has 10 heavy (non-hydrogen) atoms. The highest BCUT2D eigenvalue weighted by Gasteiger charge is 2.27. The minimum atomic E-state index is -0.436. The summed E-state index contributed by atoms with van der Waals surface area (Å²) in [5.74, 6) is -0.396. The van der Waals surface area contributed by atoms with Gasteiger partial charge in [-0.05, 0) is 6.92 Å². The van der Waals surface area contributed by atoms with Crippen molar-refractivity contribution in [2.75, 3.05) is 13.2 Å². The van der Waals surface area contributed by atoms with Gasteiger partial charge in [0.05, 0.1) is 12.7 Å². The Morgan fingerprint density at radius 1 is 1.80 bits per heavy atom. The molecule has 0 spiro atoms. The average molecular weight is 143 g/mol. The molecule has 2 unspecified atom stereocenters. The fraction of sp³-hybridized carbons (Fsp3) is 0.833. The summed E-state index contributed by atoms with van der Waals surface area (Å²) in [6.45, 7) is 2.99. The van der Waals surface area contributed by atoms with Gasteiger partial charge in [-0.2, -0.15) is 0 Å². The number of morpholine rings is 1. The fourth-order valence-corrected chi connectivity index (χ4v) is 0.991. The molecule has 0 aliphatic carbocycles. The Hall–Kier alpha value is -0.610. The van der Waals surface area contributed by atoms with Gasteiger partial charge in [0.25, 0.3) is 0 Å². The third kappa shape index (κ3) is 1.46. The lowest BCUT2D eigenvalue weighted by Crippen LogP contribution is -2.50. The number of hydrogen-bond acceptors (Lipinski definition) is 2. The van der Waals surface area contributed by atoms with Crippen LogP contribution in [0.2, 0.25) is 0 Å². The molecule has 1 heterocycles. The minimum Gasteiger partial charge on any atom is -0.375 e. The normalized spacial score (nSPS) is 33.7. The Labute approximate surface area is 59.7 Å². The number of nitrogens with zero attached hydrogens (tertiary/aromatic N) is 1. The first kappa shape index (κ1) is 7.50. The lowest BCUT2D eigenvalue weighted by atomic mass is 10.1. The average Bonchev–Trinajstić information content (AvgIpc) is 1.88. The van der Waals surface area contributed by atoms with Crippen molar-refractivity contribution in [2.24, 2.45) is 5.73 Å². The maximum Gasteiger partial charge on any atom is 0.238 e. The molecule has 1 fully saturated rings. The van der Waals surface area contributed by atoms with Crippen LogP contribution in [0.25, 0.3) is 0 Å². The van der Waals surface area contributed by atoms with Crippen LogP contribution in [-0.2, 0) is 9.53 Å². The zero-order valence-corrected chi connectivity index (χ0v) is 5.91. The first-order chi connectivity index (χ1) is 4.72. The Kier molecular flexibility index (Phi) is 2.24. The highest BCUT2D eigenvalue weighted by Crippen LogP contribution is 2.03. The molecule has 0 aromatic heterocycles. The summed E-state index contributed by atoms with van der Waals surface area (Å²) in [5.41, 5.74) is 5.04. The second-order valence-electron chi connectivity index (χ2n) is 2.33. The van der Waals surface area contributed by atoms with Gasteiger partial charge in [0.1, 0.15) is 6.04 Å². The molecule has 2 N–H and O–H groups in total. The summed E-state index contributed by atoms with van der Waals surface area (Å²) >= 11 is 0. The maximum atomic E-state index is 10.6. The summed E-state index contributed by atoms with van der Waals surface area (Å²) in [6.07, 6.45) is -0.147. The van der Waals surface area contributed by atoms with E-state index in [0.717, 1.165) is 0 Å². The Balaban J connectivity index is 2.47. The molecule has 1 saturated heterocycles. The molecular weight excluding hydrogens is 132 g/mol. The number of carbonyl (C=O) groups excluding carboxylic acids is 1. The lowest BCUT2D eigenvalue weighted by molar-refractivity contribution is -0.125. The van der Waals surface area contributed by atoms with Gasteiger partial charge in [0.15, 0.2) is 0 Å². The van der Waals surface area contributed by atoms with E-state index in [0.29, 0.717) is 13.2 Å². The van der Waals surface area contributed by atoms with Gasteiger partial charge >= 0.3 is 0 Å². The monoisotopic (exact) mass is 143 g/mol. The van der Waals surface area contributed by atoms with Gasteiger partial charge in [-0.25, -0.2) is 5.32 Å². The summed E-state index contributed by atoms with van der Waals surface area (Å²) in [7, 11) is 0. The fourth-order valence-electron chi connectivity index (χ4n) is 0.991. The van der Waals surface area contributed by atoms with Crippen molar-refractivity contribution in [3.05, 3.63) is 0 Å². The van der Waals surface area contributed by atoms with E-state index in [2.05, 4.69) is 5.32 Å². The summed E-state index contributed by atoms with van der Waals surface area (Å²) in [6, 6.07) is -0.436. The first-order valence-corrected chi connectivity index (χ1v) is 3.29. The predicted molar refractivity (Wildman–Crippen MR) is 35.4 cm³/mol. The molecular formula is C6H11N2O2. The van der Waals surface area contributed by atoms with Crippen LogP contribution >= 0.6 is 0 Å². The molecule has 0 saturated carbocycles. The topological polar surface area (TPSA) is 66.4 Å². The number of rotatable bonds is 1. The molecule has 1 aliphatic heterocycles. The van der Waals surface area contributed by atoms with Gasteiger partial charge in [0.2, 0.25) is 5.91 Å². The molecule has 1 rings (SSSR count). The number of hydrogen-bond donors (Lipinski definition) is 1. The van der Waals surface area contributed by atoms with Crippen LogP contribution < -0.4 is 11.1 Å². The standard InChI is InChI=1S/C6H11N2O2/c1-4-5(6(7)9)8-2-3-10-4/h4-5H,2-3H2,1H3,(H2,7,9). The molecule has 0 bridgehead atoms. The largest absolute Gasteiger partial charge is 0.375 e. The molecule has 57 valence electrons. The van der Waals surface area contributed by atoms with E-state index < -0.39 is 11.9 Å². The van der Waals surface area contributed by atoms with E-state index in [9.17, 15) is 4.79 Å². The van der Waals surface area contributed by atoms with E-state index in [4.69, 9.17) is 10.5 Å². The molecule has 2 atom stereocenters. The molecule has 1 amide bonds. The number of amides is 1. The Morgan fingerprint density at radius 2 is 2.50 bits per heavy atom. The van der Waals surface area contributed by atoms with Crippen LogP contribution in [0, 0.1) is 0 Å². The first-order valence-electron chi connectivity index (χ1n) is 3.29. The number of primary amides is 1. The lowest BCUT2D eigenvalue weighted by Gasteiger charge is -2.25. The quantitative estimate of drug-likeness (QED) is 0.504. The summed E-state index contributed by atoms with van der Waals surface area (Å²) < 4.78 is 5.16. The summed E-state index contributed by atoms with van der Waals surface area (Å²) in [4.78, 5) is 10.6. The van der Waals surface area contributed by atoms with Crippen LogP contribution in [0.1, 0.15) is 6.92 Å². The third-order valence-electron chi connectivity index (χ3n) is 1.53. The van der Waals surface area contributed by atoms with Crippen molar-refractivity contribution in [1.82, 2.24) is 5.32 Å². The number of carbonyl (C=O) groups is 1. The maximum absolute atomic E-state index is 10.6. The van der Waals surface area contributed by atoms with Crippen molar-refractivity contribution in [1.29, 1.82) is 0 Å². The van der Waals surface area contributed by atoms with E-state index in [1.165, 1.54) is 0 Å². The van der Waals surface area contributed by atoms with Crippen LogP contribution in [0.5, 0.6) is 0 Å². The van der Waals surface area contributed by atoms with Gasteiger partial charge < -0.3 is 10.5 Å². The zero-order chi connectivity index (χ0) is 7.56. The highest BCUT2D eigenvalue weighted by molar-refractivity contribution is 5.80. The van der Waals surface area contributed by atoms with E-state index >= 15 is 0 Å². The van der Waals surface area contributed by atoms with Gasteiger partial charge in [-0.1, -0.05) is 0 Å². The molecule has 0 aromatic carbocycles. The van der Waals surface area contributed by atoms with Gasteiger partial charge in [0, 0.05) is 6.54 Å². The predicted octanol–water partition coefficient (Wildman–Crippen LogP) is -1.14. The Bertz CT molecular complexity index is 138. The number of nitrogens with two attached hydrogens (primary N) is 1.